The second-order valence-corrected chi connectivity index (χ2v) is 4.21. The van der Waals surface area contributed by atoms with Gasteiger partial charge in [-0.1, -0.05) is 0 Å². The van der Waals surface area contributed by atoms with Crippen molar-refractivity contribution in [3.05, 3.63) is 17.0 Å². The number of halogens is 1. The second kappa shape index (κ2) is 6.66. The van der Waals surface area contributed by atoms with Gasteiger partial charge in [-0.15, -0.1) is 0 Å². The van der Waals surface area contributed by atoms with E-state index in [1.807, 2.05) is 20.8 Å². The van der Waals surface area contributed by atoms with Crippen molar-refractivity contribution in [1.82, 2.24) is 9.97 Å². The first-order valence-corrected chi connectivity index (χ1v) is 5.82. The lowest BCUT2D eigenvalue weighted by atomic mass is 10.3. The minimum absolute atomic E-state index is 0.270. The number of aromatic nitrogens is 2. The van der Waals surface area contributed by atoms with E-state index in [1.54, 1.807) is 6.20 Å². The molecular formula is C11H18ClN3O. The quantitative estimate of drug-likeness (QED) is 0.617. The highest BCUT2D eigenvalue weighted by Gasteiger charge is 2.01. The molecule has 0 saturated carbocycles. The molecule has 90 valence electrons. The van der Waals surface area contributed by atoms with E-state index in [0.717, 1.165) is 31.0 Å². The zero-order chi connectivity index (χ0) is 12.0. The van der Waals surface area contributed by atoms with Crippen LogP contribution in [0.15, 0.2) is 6.20 Å². The highest BCUT2D eigenvalue weighted by Crippen LogP contribution is 2.12. The Labute approximate surface area is 101 Å². The van der Waals surface area contributed by atoms with Crippen molar-refractivity contribution < 1.29 is 4.74 Å². The molecule has 0 aromatic carbocycles. The summed E-state index contributed by atoms with van der Waals surface area (Å²) in [7, 11) is 0. The Kier molecular flexibility index (Phi) is 5.49. The van der Waals surface area contributed by atoms with Crippen LogP contribution in [-0.4, -0.2) is 29.2 Å². The summed E-state index contributed by atoms with van der Waals surface area (Å²) in [4.78, 5) is 8.00. The fourth-order valence-corrected chi connectivity index (χ4v) is 1.33. The van der Waals surface area contributed by atoms with Crippen molar-refractivity contribution in [1.29, 1.82) is 0 Å². The summed E-state index contributed by atoms with van der Waals surface area (Å²) >= 11 is 5.71. The van der Waals surface area contributed by atoms with E-state index < -0.39 is 0 Å². The average Bonchev–Trinajstić information content (AvgIpc) is 2.22. The largest absolute Gasteiger partial charge is 0.379 e. The Morgan fingerprint density at radius 1 is 1.50 bits per heavy atom. The molecule has 0 saturated heterocycles. The van der Waals surface area contributed by atoms with Crippen LogP contribution in [0.25, 0.3) is 0 Å². The maximum absolute atomic E-state index is 5.71. The Hall–Kier alpha value is -0.870. The molecule has 0 aliphatic heterocycles. The third-order valence-corrected chi connectivity index (χ3v) is 2.19. The van der Waals surface area contributed by atoms with Gasteiger partial charge < -0.3 is 10.1 Å². The van der Waals surface area contributed by atoms with Gasteiger partial charge in [0.1, 0.15) is 5.82 Å². The van der Waals surface area contributed by atoms with Crippen LogP contribution in [0.2, 0.25) is 5.28 Å². The van der Waals surface area contributed by atoms with E-state index in [2.05, 4.69) is 15.3 Å². The van der Waals surface area contributed by atoms with Crippen LogP contribution in [0.1, 0.15) is 25.8 Å². The molecule has 0 fully saturated rings. The predicted octanol–water partition coefficient (Wildman–Crippen LogP) is 2.67. The molecule has 1 rings (SSSR count). The zero-order valence-electron chi connectivity index (χ0n) is 9.96. The predicted molar refractivity (Wildman–Crippen MR) is 66.0 cm³/mol. The summed E-state index contributed by atoms with van der Waals surface area (Å²) in [6.45, 7) is 7.58. The highest BCUT2D eigenvalue weighted by atomic mass is 35.5. The smallest absolute Gasteiger partial charge is 0.224 e. The lowest BCUT2D eigenvalue weighted by Crippen LogP contribution is -2.10. The van der Waals surface area contributed by atoms with Crippen LogP contribution >= 0.6 is 11.6 Å². The third-order valence-electron chi connectivity index (χ3n) is 2.01. The number of anilines is 1. The number of aryl methyl sites for hydroxylation is 1. The molecule has 1 N–H and O–H groups in total. The van der Waals surface area contributed by atoms with Gasteiger partial charge in [0.15, 0.2) is 0 Å². The van der Waals surface area contributed by atoms with Crippen molar-refractivity contribution in [3.8, 4) is 0 Å². The molecule has 0 aliphatic rings. The molecule has 0 bridgehead atoms. The molecule has 5 heteroatoms. The molecule has 0 spiro atoms. The topological polar surface area (TPSA) is 47.0 Å². The summed E-state index contributed by atoms with van der Waals surface area (Å²) in [6.07, 6.45) is 2.94. The van der Waals surface area contributed by atoms with Gasteiger partial charge in [-0.05, 0) is 38.8 Å². The Morgan fingerprint density at radius 2 is 2.25 bits per heavy atom. The molecule has 1 heterocycles. The molecule has 4 nitrogen and oxygen atoms in total. The summed E-state index contributed by atoms with van der Waals surface area (Å²) in [5.74, 6) is 0.796. The molecule has 0 amide bonds. The minimum atomic E-state index is 0.270. The van der Waals surface area contributed by atoms with Crippen LogP contribution in [-0.2, 0) is 4.74 Å². The summed E-state index contributed by atoms with van der Waals surface area (Å²) in [5.41, 5.74) is 0.995. The van der Waals surface area contributed by atoms with Gasteiger partial charge in [-0.25, -0.2) is 9.97 Å². The maximum Gasteiger partial charge on any atom is 0.224 e. The van der Waals surface area contributed by atoms with Gasteiger partial charge in [-0.3, -0.25) is 0 Å². The highest BCUT2D eigenvalue weighted by molar-refractivity contribution is 6.28. The van der Waals surface area contributed by atoms with Gasteiger partial charge in [0.25, 0.3) is 0 Å². The van der Waals surface area contributed by atoms with Crippen molar-refractivity contribution in [3.63, 3.8) is 0 Å². The lowest BCUT2D eigenvalue weighted by Gasteiger charge is -2.09. The van der Waals surface area contributed by atoms with Crippen molar-refractivity contribution in [2.24, 2.45) is 0 Å². The normalized spacial score (nSPS) is 10.8. The Morgan fingerprint density at radius 3 is 2.94 bits per heavy atom. The fraction of sp³-hybridized carbons (Fsp3) is 0.636. The van der Waals surface area contributed by atoms with Crippen LogP contribution in [0.4, 0.5) is 5.82 Å². The molecule has 1 aromatic rings. The van der Waals surface area contributed by atoms with Crippen LogP contribution < -0.4 is 5.32 Å². The van der Waals surface area contributed by atoms with E-state index in [4.69, 9.17) is 16.3 Å². The maximum atomic E-state index is 5.71. The SMILES string of the molecule is Cc1cnc(Cl)nc1NCCCOC(C)C. The fourth-order valence-electron chi connectivity index (χ4n) is 1.20. The van der Waals surface area contributed by atoms with E-state index in [9.17, 15) is 0 Å². The molecular weight excluding hydrogens is 226 g/mol. The van der Waals surface area contributed by atoms with E-state index in [0.29, 0.717) is 0 Å². The number of ether oxygens (including phenoxy) is 1. The average molecular weight is 244 g/mol. The van der Waals surface area contributed by atoms with Crippen molar-refractivity contribution in [2.45, 2.75) is 33.3 Å². The van der Waals surface area contributed by atoms with Crippen LogP contribution in [0.3, 0.4) is 0 Å². The van der Waals surface area contributed by atoms with E-state index >= 15 is 0 Å². The van der Waals surface area contributed by atoms with Gasteiger partial charge in [-0.2, -0.15) is 0 Å². The standard InChI is InChI=1S/C11H18ClN3O/c1-8(2)16-6-4-5-13-10-9(3)7-14-11(12)15-10/h7-8H,4-6H2,1-3H3,(H,13,14,15). The van der Waals surface area contributed by atoms with Gasteiger partial charge in [0.2, 0.25) is 5.28 Å². The monoisotopic (exact) mass is 243 g/mol. The number of hydrogen-bond donors (Lipinski definition) is 1. The van der Waals surface area contributed by atoms with Crippen molar-refractivity contribution in [2.75, 3.05) is 18.5 Å². The van der Waals surface area contributed by atoms with E-state index in [1.165, 1.54) is 0 Å². The molecule has 0 radical (unpaired) electrons. The molecule has 0 aliphatic carbocycles. The van der Waals surface area contributed by atoms with Gasteiger partial charge in [0.05, 0.1) is 6.10 Å². The zero-order valence-corrected chi connectivity index (χ0v) is 10.7. The Bertz CT molecular complexity index is 331. The summed E-state index contributed by atoms with van der Waals surface area (Å²) < 4.78 is 5.43. The second-order valence-electron chi connectivity index (χ2n) is 3.87. The number of nitrogens with one attached hydrogen (secondary N) is 1. The molecule has 16 heavy (non-hydrogen) atoms. The first-order chi connectivity index (χ1) is 7.59. The molecule has 0 unspecified atom stereocenters. The van der Waals surface area contributed by atoms with Crippen molar-refractivity contribution >= 4 is 17.4 Å². The first kappa shape index (κ1) is 13.2. The van der Waals surface area contributed by atoms with Gasteiger partial charge in [0, 0.05) is 24.9 Å². The third kappa shape index (κ3) is 4.77. The Balaban J connectivity index is 2.29. The number of nitrogens with zero attached hydrogens (tertiary/aromatic N) is 2. The lowest BCUT2D eigenvalue weighted by molar-refractivity contribution is 0.0787. The molecule has 1 aromatic heterocycles. The van der Waals surface area contributed by atoms with E-state index in [-0.39, 0.29) is 11.4 Å². The number of hydrogen-bond acceptors (Lipinski definition) is 4. The molecule has 0 atom stereocenters. The minimum Gasteiger partial charge on any atom is -0.379 e. The summed E-state index contributed by atoms with van der Waals surface area (Å²) in [5, 5.41) is 3.48. The first-order valence-electron chi connectivity index (χ1n) is 5.44. The van der Waals surface area contributed by atoms with Crippen LogP contribution in [0, 0.1) is 6.92 Å². The van der Waals surface area contributed by atoms with Gasteiger partial charge >= 0.3 is 0 Å². The number of rotatable bonds is 6. The van der Waals surface area contributed by atoms with Crippen LogP contribution in [0.5, 0.6) is 0 Å². The summed E-state index contributed by atoms with van der Waals surface area (Å²) in [6, 6.07) is 0.